The molecule has 1 N–H and O–H groups in total. The van der Waals surface area contributed by atoms with Crippen molar-refractivity contribution >= 4 is 57.3 Å². The first-order valence-corrected chi connectivity index (χ1v) is 7.36. The first-order valence-electron chi connectivity index (χ1n) is 4.68. The lowest BCUT2D eigenvalue weighted by atomic mass is 10.4. The molecule has 0 spiro atoms. The molecule has 1 rings (SSSR count). The molecule has 4 nitrogen and oxygen atoms in total. The van der Waals surface area contributed by atoms with Crippen molar-refractivity contribution in [2.45, 2.75) is 28.9 Å². The van der Waals surface area contributed by atoms with Crippen LogP contribution in [0.5, 0.6) is 0 Å². The van der Waals surface area contributed by atoms with Crippen molar-refractivity contribution in [1.82, 2.24) is 10.2 Å². The number of hydrogen-bond donors (Lipinski definition) is 1. The Morgan fingerprint density at radius 1 is 1.56 bits per heavy atom. The topological polar surface area (TPSA) is 54.9 Å². The van der Waals surface area contributed by atoms with E-state index in [2.05, 4.69) is 22.4 Å². The zero-order valence-electron chi connectivity index (χ0n) is 8.57. The molecule has 1 heterocycles. The summed E-state index contributed by atoms with van der Waals surface area (Å²) in [6.45, 7) is 2.13. The average Bonchev–Trinajstić information content (AvgIpc) is 2.66. The minimum Gasteiger partial charge on any atom is -0.298 e. The molecule has 90 valence electrons. The standard InChI is InChI=1S/C8H11Cl2N3OS2/c1-2-3-4-15-8-13-12-7(16-8)11-6(14)5(9)10/h5H,2-4H2,1H3,(H,11,12,14). The van der Waals surface area contributed by atoms with E-state index in [4.69, 9.17) is 23.2 Å². The molecule has 1 aromatic heterocycles. The zero-order valence-corrected chi connectivity index (χ0v) is 11.7. The van der Waals surface area contributed by atoms with Crippen LogP contribution in [0.25, 0.3) is 0 Å². The molecule has 1 aromatic rings. The summed E-state index contributed by atoms with van der Waals surface area (Å²) in [5, 5.41) is 10.7. The maximum absolute atomic E-state index is 11.1. The molecule has 1 amide bonds. The highest BCUT2D eigenvalue weighted by Gasteiger charge is 2.14. The molecule has 0 aliphatic rings. The van der Waals surface area contributed by atoms with Crippen molar-refractivity contribution in [3.63, 3.8) is 0 Å². The van der Waals surface area contributed by atoms with Gasteiger partial charge in [-0.1, -0.05) is 59.6 Å². The van der Waals surface area contributed by atoms with E-state index in [9.17, 15) is 4.79 Å². The van der Waals surface area contributed by atoms with Crippen LogP contribution in [0.2, 0.25) is 0 Å². The second-order valence-corrected chi connectivity index (χ2v) is 6.28. The van der Waals surface area contributed by atoms with Crippen molar-refractivity contribution in [2.24, 2.45) is 0 Å². The first kappa shape index (κ1) is 14.0. The highest BCUT2D eigenvalue weighted by Crippen LogP contribution is 2.26. The number of alkyl halides is 2. The van der Waals surface area contributed by atoms with Gasteiger partial charge in [0, 0.05) is 5.75 Å². The number of rotatable bonds is 6. The quantitative estimate of drug-likeness (QED) is 0.379. The average molecular weight is 300 g/mol. The predicted octanol–water partition coefficient (Wildman–Crippen LogP) is 3.17. The summed E-state index contributed by atoms with van der Waals surface area (Å²) in [7, 11) is 0. The molecule has 0 unspecified atom stereocenters. The van der Waals surface area contributed by atoms with Crippen molar-refractivity contribution in [1.29, 1.82) is 0 Å². The fourth-order valence-corrected chi connectivity index (χ4v) is 2.80. The van der Waals surface area contributed by atoms with Crippen LogP contribution in [0.1, 0.15) is 19.8 Å². The van der Waals surface area contributed by atoms with Crippen LogP contribution in [-0.2, 0) is 4.79 Å². The van der Waals surface area contributed by atoms with Gasteiger partial charge >= 0.3 is 0 Å². The van der Waals surface area contributed by atoms with Gasteiger partial charge in [0.15, 0.2) is 9.18 Å². The summed E-state index contributed by atoms with van der Waals surface area (Å²) in [4.78, 5) is 10.1. The zero-order chi connectivity index (χ0) is 12.0. The first-order chi connectivity index (χ1) is 7.63. The molecule has 0 aliphatic carbocycles. The van der Waals surface area contributed by atoms with Crippen molar-refractivity contribution in [2.75, 3.05) is 11.1 Å². The molecule has 0 radical (unpaired) electrons. The van der Waals surface area contributed by atoms with Crippen molar-refractivity contribution < 1.29 is 4.79 Å². The summed E-state index contributed by atoms with van der Waals surface area (Å²) in [6, 6.07) is 0. The van der Waals surface area contributed by atoms with E-state index in [1.54, 1.807) is 11.8 Å². The molecular weight excluding hydrogens is 289 g/mol. The highest BCUT2D eigenvalue weighted by molar-refractivity contribution is 8.01. The van der Waals surface area contributed by atoms with E-state index >= 15 is 0 Å². The van der Waals surface area contributed by atoms with Gasteiger partial charge in [-0.2, -0.15) is 0 Å². The molecular formula is C8H11Cl2N3OS2. The maximum Gasteiger partial charge on any atom is 0.259 e. The third-order valence-electron chi connectivity index (χ3n) is 1.56. The number of anilines is 1. The fraction of sp³-hybridized carbons (Fsp3) is 0.625. The molecule has 0 fully saturated rings. The Morgan fingerprint density at radius 3 is 2.94 bits per heavy atom. The van der Waals surface area contributed by atoms with Gasteiger partial charge in [-0.05, 0) is 6.42 Å². The lowest BCUT2D eigenvalue weighted by Gasteiger charge is -1.98. The summed E-state index contributed by atoms with van der Waals surface area (Å²) >= 11 is 13.7. The minimum absolute atomic E-state index is 0.426. The second-order valence-electron chi connectivity index (χ2n) is 2.87. The van der Waals surface area contributed by atoms with Crippen LogP contribution < -0.4 is 5.32 Å². The van der Waals surface area contributed by atoms with E-state index in [1.165, 1.54) is 11.3 Å². The van der Waals surface area contributed by atoms with Gasteiger partial charge in [0.1, 0.15) is 0 Å². The van der Waals surface area contributed by atoms with E-state index < -0.39 is 10.7 Å². The maximum atomic E-state index is 11.1. The smallest absolute Gasteiger partial charge is 0.259 e. The van der Waals surface area contributed by atoms with Gasteiger partial charge in [0.05, 0.1) is 0 Å². The Kier molecular flexibility index (Phi) is 6.41. The normalized spacial score (nSPS) is 10.8. The highest BCUT2D eigenvalue weighted by atomic mass is 35.5. The van der Waals surface area contributed by atoms with Gasteiger partial charge in [0.25, 0.3) is 5.91 Å². The number of nitrogens with zero attached hydrogens (tertiary/aromatic N) is 2. The van der Waals surface area contributed by atoms with Gasteiger partial charge in [-0.3, -0.25) is 10.1 Å². The van der Waals surface area contributed by atoms with E-state index in [1.807, 2.05) is 0 Å². The number of thioether (sulfide) groups is 1. The molecule has 0 saturated carbocycles. The van der Waals surface area contributed by atoms with Crippen LogP contribution in [0.15, 0.2) is 4.34 Å². The van der Waals surface area contributed by atoms with E-state index in [0.29, 0.717) is 5.13 Å². The third-order valence-corrected chi connectivity index (χ3v) is 4.01. The second kappa shape index (κ2) is 7.32. The number of nitrogens with one attached hydrogen (secondary N) is 1. The van der Waals surface area contributed by atoms with Gasteiger partial charge in [0.2, 0.25) is 5.13 Å². The largest absolute Gasteiger partial charge is 0.298 e. The predicted molar refractivity (Wildman–Crippen MR) is 69.7 cm³/mol. The van der Waals surface area contributed by atoms with Crippen LogP contribution in [0, 0.1) is 0 Å². The fourth-order valence-electron chi connectivity index (χ4n) is 0.782. The van der Waals surface area contributed by atoms with Crippen molar-refractivity contribution in [3.05, 3.63) is 0 Å². The molecule has 0 bridgehead atoms. The SMILES string of the molecule is CCCCSc1nnc(NC(=O)C(Cl)Cl)s1. The van der Waals surface area contributed by atoms with Gasteiger partial charge in [-0.15, -0.1) is 10.2 Å². The monoisotopic (exact) mass is 299 g/mol. The van der Waals surface area contributed by atoms with E-state index in [0.717, 1.165) is 22.9 Å². The number of carbonyl (C=O) groups excluding carboxylic acids is 1. The molecule has 0 aliphatic heterocycles. The Labute approximate surface area is 112 Å². The minimum atomic E-state index is -1.08. The summed E-state index contributed by atoms with van der Waals surface area (Å²) in [6.07, 6.45) is 2.28. The summed E-state index contributed by atoms with van der Waals surface area (Å²) in [5.74, 6) is 0.525. The number of halogens is 2. The Morgan fingerprint density at radius 2 is 2.31 bits per heavy atom. The lowest BCUT2D eigenvalue weighted by Crippen LogP contribution is -2.18. The Balaban J connectivity index is 2.42. The molecule has 0 saturated heterocycles. The summed E-state index contributed by atoms with van der Waals surface area (Å²) < 4.78 is 0.837. The Hall–Kier alpha value is -0.0400. The lowest BCUT2D eigenvalue weighted by molar-refractivity contribution is -0.114. The van der Waals surface area contributed by atoms with Crippen LogP contribution >= 0.6 is 46.3 Å². The van der Waals surface area contributed by atoms with Crippen LogP contribution in [0.3, 0.4) is 0 Å². The number of unbranched alkanes of at least 4 members (excludes halogenated alkanes) is 1. The number of hydrogen-bond acceptors (Lipinski definition) is 5. The number of aromatic nitrogens is 2. The Bertz CT molecular complexity index is 346. The van der Waals surface area contributed by atoms with Crippen LogP contribution in [-0.4, -0.2) is 26.7 Å². The third kappa shape index (κ3) is 4.86. The number of amides is 1. The summed E-state index contributed by atoms with van der Waals surface area (Å²) in [5.41, 5.74) is 0. The van der Waals surface area contributed by atoms with Crippen molar-refractivity contribution in [3.8, 4) is 0 Å². The number of carbonyl (C=O) groups is 1. The van der Waals surface area contributed by atoms with Crippen LogP contribution in [0.4, 0.5) is 5.13 Å². The van der Waals surface area contributed by atoms with Gasteiger partial charge < -0.3 is 0 Å². The molecule has 16 heavy (non-hydrogen) atoms. The molecule has 8 heteroatoms. The molecule has 0 atom stereocenters. The van der Waals surface area contributed by atoms with E-state index in [-0.39, 0.29) is 0 Å². The van der Waals surface area contributed by atoms with Gasteiger partial charge in [-0.25, -0.2) is 0 Å². The molecule has 0 aromatic carbocycles.